The van der Waals surface area contributed by atoms with Crippen LogP contribution in [0.15, 0.2) is 28.7 Å². The molecule has 0 radical (unpaired) electrons. The highest BCUT2D eigenvalue weighted by Gasteiger charge is 2.25. The number of aromatic nitrogens is 2. The van der Waals surface area contributed by atoms with E-state index in [0.29, 0.717) is 29.4 Å². The average Bonchev–Trinajstić information content (AvgIpc) is 3.01. The molecule has 2 aromatic rings. The van der Waals surface area contributed by atoms with Crippen molar-refractivity contribution >= 4 is 5.91 Å². The molecule has 3 rings (SSSR count). The van der Waals surface area contributed by atoms with Crippen molar-refractivity contribution in [3.63, 3.8) is 0 Å². The van der Waals surface area contributed by atoms with Crippen LogP contribution in [0.25, 0.3) is 11.5 Å². The molecule has 1 fully saturated rings. The third-order valence-electron chi connectivity index (χ3n) is 4.66. The van der Waals surface area contributed by atoms with E-state index < -0.39 is 0 Å². The van der Waals surface area contributed by atoms with Crippen LogP contribution < -0.4 is 10.1 Å². The molecule has 1 saturated carbocycles. The minimum Gasteiger partial charge on any atom is -0.496 e. The number of amides is 1. The highest BCUT2D eigenvalue weighted by Crippen LogP contribution is 2.29. The largest absolute Gasteiger partial charge is 0.496 e. The van der Waals surface area contributed by atoms with Gasteiger partial charge in [0.25, 0.3) is 5.89 Å². The summed E-state index contributed by atoms with van der Waals surface area (Å²) in [4.78, 5) is 12.3. The molecule has 1 aromatic heterocycles. The first-order valence-corrected chi connectivity index (χ1v) is 8.80. The Bertz CT molecular complexity index is 718. The number of rotatable bonds is 5. The van der Waals surface area contributed by atoms with Gasteiger partial charge in [-0.25, -0.2) is 0 Å². The standard InChI is InChI=1S/C19H25N3O3/c1-12-8-13(2)10-14(9-12)20-17(23)11-18-21-22-19(25-18)15-6-4-5-7-16(15)24-3/h4-7,12-14H,8-11H2,1-3H3,(H,20,23). The van der Waals surface area contributed by atoms with E-state index in [0.717, 1.165) is 18.4 Å². The summed E-state index contributed by atoms with van der Waals surface area (Å²) < 4.78 is 11.0. The van der Waals surface area contributed by atoms with E-state index in [9.17, 15) is 4.79 Å². The lowest BCUT2D eigenvalue weighted by Gasteiger charge is -2.31. The molecule has 1 aliphatic carbocycles. The van der Waals surface area contributed by atoms with Crippen molar-refractivity contribution in [2.45, 2.75) is 45.6 Å². The van der Waals surface area contributed by atoms with E-state index in [4.69, 9.17) is 9.15 Å². The van der Waals surface area contributed by atoms with Gasteiger partial charge in [-0.15, -0.1) is 10.2 Å². The van der Waals surface area contributed by atoms with Crippen LogP contribution in [0.2, 0.25) is 0 Å². The molecule has 1 N–H and O–H groups in total. The van der Waals surface area contributed by atoms with Gasteiger partial charge in [0.2, 0.25) is 11.8 Å². The zero-order valence-electron chi connectivity index (χ0n) is 15.0. The van der Waals surface area contributed by atoms with Crippen molar-refractivity contribution in [2.75, 3.05) is 7.11 Å². The van der Waals surface area contributed by atoms with Gasteiger partial charge < -0.3 is 14.5 Å². The molecule has 0 aliphatic heterocycles. The van der Waals surface area contributed by atoms with Gasteiger partial charge in [-0.2, -0.15) is 0 Å². The fraction of sp³-hybridized carbons (Fsp3) is 0.526. The molecular weight excluding hydrogens is 318 g/mol. The van der Waals surface area contributed by atoms with Gasteiger partial charge in [0.1, 0.15) is 12.2 Å². The smallest absolute Gasteiger partial charge is 0.251 e. The Morgan fingerprint density at radius 3 is 2.64 bits per heavy atom. The highest BCUT2D eigenvalue weighted by atomic mass is 16.5. The van der Waals surface area contributed by atoms with Gasteiger partial charge in [-0.1, -0.05) is 26.0 Å². The average molecular weight is 343 g/mol. The summed E-state index contributed by atoms with van der Waals surface area (Å²) in [7, 11) is 1.59. The maximum Gasteiger partial charge on any atom is 0.251 e. The fourth-order valence-corrected chi connectivity index (χ4v) is 3.74. The third-order valence-corrected chi connectivity index (χ3v) is 4.66. The van der Waals surface area contributed by atoms with Crippen molar-refractivity contribution < 1.29 is 13.9 Å². The molecule has 0 saturated heterocycles. The van der Waals surface area contributed by atoms with Crippen LogP contribution in [0.1, 0.15) is 39.0 Å². The minimum absolute atomic E-state index is 0.0680. The zero-order valence-corrected chi connectivity index (χ0v) is 15.0. The van der Waals surface area contributed by atoms with Crippen LogP contribution >= 0.6 is 0 Å². The van der Waals surface area contributed by atoms with Gasteiger partial charge in [0, 0.05) is 6.04 Å². The number of carbonyl (C=O) groups excluding carboxylic acids is 1. The normalized spacial score (nSPS) is 23.2. The number of ether oxygens (including phenoxy) is 1. The van der Waals surface area contributed by atoms with Gasteiger partial charge in [0.05, 0.1) is 12.7 Å². The molecule has 6 nitrogen and oxygen atoms in total. The molecule has 2 unspecified atom stereocenters. The zero-order chi connectivity index (χ0) is 17.8. The summed E-state index contributed by atoms with van der Waals surface area (Å²) in [6, 6.07) is 7.67. The lowest BCUT2D eigenvalue weighted by Crippen LogP contribution is -2.40. The lowest BCUT2D eigenvalue weighted by molar-refractivity contribution is -0.121. The van der Waals surface area contributed by atoms with Gasteiger partial charge in [-0.3, -0.25) is 4.79 Å². The van der Waals surface area contributed by atoms with E-state index in [-0.39, 0.29) is 18.4 Å². The van der Waals surface area contributed by atoms with Gasteiger partial charge in [0.15, 0.2) is 0 Å². The van der Waals surface area contributed by atoms with E-state index in [1.165, 1.54) is 6.42 Å². The molecule has 1 aromatic carbocycles. The maximum atomic E-state index is 12.3. The second kappa shape index (κ2) is 7.68. The number of carbonyl (C=O) groups is 1. The Balaban J connectivity index is 1.62. The predicted octanol–water partition coefficient (Wildman–Crippen LogP) is 3.23. The molecular formula is C19H25N3O3. The van der Waals surface area contributed by atoms with Crippen LogP contribution in [-0.2, 0) is 11.2 Å². The highest BCUT2D eigenvalue weighted by molar-refractivity contribution is 5.78. The molecule has 6 heteroatoms. The molecule has 0 bridgehead atoms. The van der Waals surface area contributed by atoms with Gasteiger partial charge in [-0.05, 0) is 43.2 Å². The van der Waals surface area contributed by atoms with Crippen LogP contribution in [0, 0.1) is 11.8 Å². The molecule has 2 atom stereocenters. The molecule has 25 heavy (non-hydrogen) atoms. The van der Waals surface area contributed by atoms with E-state index in [1.807, 2.05) is 24.3 Å². The fourth-order valence-electron chi connectivity index (χ4n) is 3.74. The van der Waals surface area contributed by atoms with E-state index >= 15 is 0 Å². The summed E-state index contributed by atoms with van der Waals surface area (Å²) in [5.74, 6) is 2.56. The van der Waals surface area contributed by atoms with Crippen LogP contribution in [0.4, 0.5) is 0 Å². The number of para-hydroxylation sites is 1. The Morgan fingerprint density at radius 1 is 1.20 bits per heavy atom. The second-order valence-electron chi connectivity index (χ2n) is 7.06. The molecule has 134 valence electrons. The number of hydrogen-bond donors (Lipinski definition) is 1. The molecule has 1 heterocycles. The van der Waals surface area contributed by atoms with Crippen LogP contribution in [-0.4, -0.2) is 29.3 Å². The summed E-state index contributed by atoms with van der Waals surface area (Å²) in [5, 5.41) is 11.1. The Hall–Kier alpha value is -2.37. The summed E-state index contributed by atoms with van der Waals surface area (Å²) >= 11 is 0. The Labute approximate surface area is 148 Å². The van der Waals surface area contributed by atoms with Crippen LogP contribution in [0.3, 0.4) is 0 Å². The summed E-state index contributed by atoms with van der Waals surface area (Å²) in [6.45, 7) is 4.48. The van der Waals surface area contributed by atoms with Crippen molar-refractivity contribution in [2.24, 2.45) is 11.8 Å². The SMILES string of the molecule is COc1ccccc1-c1nnc(CC(=O)NC2CC(C)CC(C)C2)o1. The second-order valence-corrected chi connectivity index (χ2v) is 7.06. The number of benzene rings is 1. The first-order valence-electron chi connectivity index (χ1n) is 8.80. The lowest BCUT2D eigenvalue weighted by atomic mass is 9.80. The summed E-state index contributed by atoms with van der Waals surface area (Å²) in [5.41, 5.74) is 0.721. The van der Waals surface area contributed by atoms with E-state index in [1.54, 1.807) is 7.11 Å². The van der Waals surface area contributed by atoms with Crippen molar-refractivity contribution in [1.29, 1.82) is 0 Å². The monoisotopic (exact) mass is 343 g/mol. The van der Waals surface area contributed by atoms with Crippen molar-refractivity contribution in [1.82, 2.24) is 15.5 Å². The Morgan fingerprint density at radius 2 is 1.92 bits per heavy atom. The number of hydrogen-bond acceptors (Lipinski definition) is 5. The third kappa shape index (κ3) is 4.38. The predicted molar refractivity (Wildman–Crippen MR) is 94.1 cm³/mol. The maximum absolute atomic E-state index is 12.3. The first-order chi connectivity index (χ1) is 12.0. The number of methoxy groups -OCH3 is 1. The van der Waals surface area contributed by atoms with Crippen molar-refractivity contribution in [3.8, 4) is 17.2 Å². The molecule has 1 amide bonds. The molecule has 1 aliphatic rings. The molecule has 0 spiro atoms. The van der Waals surface area contributed by atoms with Gasteiger partial charge >= 0.3 is 0 Å². The minimum atomic E-state index is -0.0680. The quantitative estimate of drug-likeness (QED) is 0.902. The van der Waals surface area contributed by atoms with Crippen LogP contribution in [0.5, 0.6) is 5.75 Å². The Kier molecular flexibility index (Phi) is 5.36. The number of nitrogens with zero attached hydrogens (tertiary/aromatic N) is 2. The van der Waals surface area contributed by atoms with Crippen molar-refractivity contribution in [3.05, 3.63) is 30.2 Å². The number of nitrogens with one attached hydrogen (secondary N) is 1. The first kappa shape index (κ1) is 17.5. The summed E-state index contributed by atoms with van der Waals surface area (Å²) in [6.07, 6.45) is 3.40. The topological polar surface area (TPSA) is 77.2 Å². The van der Waals surface area contributed by atoms with E-state index in [2.05, 4.69) is 29.4 Å².